The van der Waals surface area contributed by atoms with Crippen LogP contribution in [0, 0.1) is 6.92 Å². The van der Waals surface area contributed by atoms with Crippen LogP contribution in [0.4, 0.5) is 0 Å². The van der Waals surface area contributed by atoms with Crippen molar-refractivity contribution in [3.63, 3.8) is 0 Å². The number of carbonyl (C=O) groups excluding carboxylic acids is 1. The summed E-state index contributed by atoms with van der Waals surface area (Å²) in [6, 6.07) is 0.509. The van der Waals surface area contributed by atoms with E-state index in [9.17, 15) is 4.79 Å². The highest BCUT2D eigenvalue weighted by Gasteiger charge is 2.39. The van der Waals surface area contributed by atoms with Gasteiger partial charge in [-0.2, -0.15) is 0 Å². The Morgan fingerprint density at radius 3 is 2.82 bits per heavy atom. The normalized spacial score (nSPS) is 27.5. The maximum absolute atomic E-state index is 12.5. The summed E-state index contributed by atoms with van der Waals surface area (Å²) in [5, 5.41) is 4.82. The highest BCUT2D eigenvalue weighted by Crippen LogP contribution is 2.47. The quantitative estimate of drug-likeness (QED) is 0.903. The molecule has 2 unspecified atom stereocenters. The van der Waals surface area contributed by atoms with Gasteiger partial charge in [-0.15, -0.1) is 11.8 Å². The molecule has 0 saturated heterocycles. The molecule has 2 heterocycles. The number of nitrogens with zero attached hydrogens (tertiary/aromatic N) is 1. The topological polar surface area (TPSA) is 54.6 Å². The standard InChI is InChI=1S/C17H22N2O2S/c1-9-14-12(7-8-13-15(14)18-10(2)22-13)21-16(9)17(20)19-11-5-3-4-6-11/h11,13,15H,3-8H2,1-2H3,(H,19,20). The van der Waals surface area contributed by atoms with E-state index in [1.165, 1.54) is 18.4 Å². The van der Waals surface area contributed by atoms with Crippen molar-refractivity contribution in [3.8, 4) is 0 Å². The van der Waals surface area contributed by atoms with Crippen LogP contribution in [-0.2, 0) is 6.42 Å². The monoisotopic (exact) mass is 318 g/mol. The Morgan fingerprint density at radius 2 is 2.05 bits per heavy atom. The third-order valence-electron chi connectivity index (χ3n) is 5.11. The van der Waals surface area contributed by atoms with E-state index in [1.54, 1.807) is 0 Å². The molecule has 2 atom stereocenters. The first kappa shape index (κ1) is 14.4. The lowest BCUT2D eigenvalue weighted by molar-refractivity contribution is 0.0907. The summed E-state index contributed by atoms with van der Waals surface area (Å²) in [5.74, 6) is 1.46. The molecule has 3 aliphatic rings. The van der Waals surface area contributed by atoms with Crippen LogP contribution in [0.1, 0.15) is 72.5 Å². The summed E-state index contributed by atoms with van der Waals surface area (Å²) in [6.07, 6.45) is 6.62. The number of amides is 1. The van der Waals surface area contributed by atoms with Crippen molar-refractivity contribution in [3.05, 3.63) is 22.6 Å². The van der Waals surface area contributed by atoms with Crippen molar-refractivity contribution in [1.29, 1.82) is 0 Å². The summed E-state index contributed by atoms with van der Waals surface area (Å²) in [6.45, 7) is 4.09. The van der Waals surface area contributed by atoms with Crippen LogP contribution in [0.3, 0.4) is 0 Å². The summed E-state index contributed by atoms with van der Waals surface area (Å²) in [5.41, 5.74) is 2.18. The van der Waals surface area contributed by atoms with E-state index in [4.69, 9.17) is 9.41 Å². The van der Waals surface area contributed by atoms with Gasteiger partial charge in [0.1, 0.15) is 5.76 Å². The van der Waals surface area contributed by atoms with Crippen LogP contribution in [0.15, 0.2) is 9.41 Å². The van der Waals surface area contributed by atoms with Gasteiger partial charge in [-0.05, 0) is 33.1 Å². The van der Waals surface area contributed by atoms with Crippen molar-refractivity contribution < 1.29 is 9.21 Å². The summed E-state index contributed by atoms with van der Waals surface area (Å²) in [4.78, 5) is 17.3. The van der Waals surface area contributed by atoms with Crippen molar-refractivity contribution in [2.24, 2.45) is 4.99 Å². The molecule has 0 radical (unpaired) electrons. The van der Waals surface area contributed by atoms with Gasteiger partial charge in [-0.25, -0.2) is 0 Å². The van der Waals surface area contributed by atoms with Crippen molar-refractivity contribution in [1.82, 2.24) is 5.32 Å². The van der Waals surface area contributed by atoms with Gasteiger partial charge in [-0.1, -0.05) is 12.8 Å². The molecule has 5 heteroatoms. The predicted molar refractivity (Wildman–Crippen MR) is 88.7 cm³/mol. The minimum atomic E-state index is -0.0401. The number of hydrogen-bond donors (Lipinski definition) is 1. The largest absolute Gasteiger partial charge is 0.455 e. The maximum atomic E-state index is 12.5. The Balaban J connectivity index is 1.63. The number of aliphatic imine (C=N–C) groups is 1. The Kier molecular flexibility index (Phi) is 3.56. The van der Waals surface area contributed by atoms with Crippen molar-refractivity contribution in [2.45, 2.75) is 69.7 Å². The molecular weight excluding hydrogens is 296 g/mol. The third kappa shape index (κ3) is 2.30. The van der Waals surface area contributed by atoms with Gasteiger partial charge in [0.05, 0.1) is 11.1 Å². The number of furan rings is 1. The van der Waals surface area contributed by atoms with E-state index in [2.05, 4.69) is 12.2 Å². The van der Waals surface area contributed by atoms with Gasteiger partial charge >= 0.3 is 0 Å². The summed E-state index contributed by atoms with van der Waals surface area (Å²) < 4.78 is 5.96. The Hall–Kier alpha value is -1.23. The van der Waals surface area contributed by atoms with E-state index in [-0.39, 0.29) is 11.9 Å². The summed E-state index contributed by atoms with van der Waals surface area (Å²) >= 11 is 1.87. The SMILES string of the molecule is CC1=NC2c3c(oc(C(=O)NC4CCCC4)c3C)CCC2S1. The van der Waals surface area contributed by atoms with Gasteiger partial charge in [0.2, 0.25) is 0 Å². The fraction of sp³-hybridized carbons (Fsp3) is 0.647. The molecule has 1 amide bonds. The fourth-order valence-electron chi connectivity index (χ4n) is 4.03. The molecule has 1 aromatic heterocycles. The zero-order chi connectivity index (χ0) is 15.3. The number of rotatable bonds is 2. The van der Waals surface area contributed by atoms with E-state index < -0.39 is 0 Å². The number of nitrogens with one attached hydrogen (secondary N) is 1. The number of fused-ring (bicyclic) bond motifs is 3. The molecule has 1 aromatic rings. The Bertz CT molecular complexity index is 643. The lowest BCUT2D eigenvalue weighted by atomic mass is 9.90. The third-order valence-corrected chi connectivity index (χ3v) is 6.36. The first-order valence-corrected chi connectivity index (χ1v) is 9.15. The van der Waals surface area contributed by atoms with Crippen LogP contribution in [0.5, 0.6) is 0 Å². The minimum Gasteiger partial charge on any atom is -0.455 e. The average Bonchev–Trinajstić information content (AvgIpc) is 3.17. The first-order chi connectivity index (χ1) is 10.6. The molecule has 118 valence electrons. The van der Waals surface area contributed by atoms with Crippen LogP contribution in [0.25, 0.3) is 0 Å². The van der Waals surface area contributed by atoms with Gasteiger partial charge in [0.25, 0.3) is 5.91 Å². The molecule has 1 saturated carbocycles. The molecule has 0 spiro atoms. The number of hydrogen-bond acceptors (Lipinski definition) is 4. The maximum Gasteiger partial charge on any atom is 0.287 e. The lowest BCUT2D eigenvalue weighted by Gasteiger charge is -2.22. The molecule has 4 nitrogen and oxygen atoms in total. The van der Waals surface area contributed by atoms with E-state index in [0.717, 1.165) is 42.1 Å². The van der Waals surface area contributed by atoms with Gasteiger partial charge < -0.3 is 9.73 Å². The van der Waals surface area contributed by atoms with Crippen molar-refractivity contribution >= 4 is 22.7 Å². The van der Waals surface area contributed by atoms with Crippen molar-refractivity contribution in [2.75, 3.05) is 0 Å². The number of thioether (sulfide) groups is 1. The van der Waals surface area contributed by atoms with Gasteiger partial charge in [0.15, 0.2) is 5.76 Å². The molecule has 2 aliphatic carbocycles. The molecule has 0 aromatic carbocycles. The Morgan fingerprint density at radius 1 is 1.27 bits per heavy atom. The molecule has 22 heavy (non-hydrogen) atoms. The van der Waals surface area contributed by atoms with Crippen LogP contribution in [-0.4, -0.2) is 22.2 Å². The molecule has 0 bridgehead atoms. The molecule has 1 fully saturated rings. The summed E-state index contributed by atoms with van der Waals surface area (Å²) in [7, 11) is 0. The van der Waals surface area contributed by atoms with E-state index in [1.807, 2.05) is 18.7 Å². The van der Waals surface area contributed by atoms with Crippen LogP contribution < -0.4 is 5.32 Å². The highest BCUT2D eigenvalue weighted by molar-refractivity contribution is 8.14. The lowest BCUT2D eigenvalue weighted by Crippen LogP contribution is -2.32. The van der Waals surface area contributed by atoms with E-state index >= 15 is 0 Å². The minimum absolute atomic E-state index is 0.0401. The molecule has 1 aliphatic heterocycles. The second-order valence-electron chi connectivity index (χ2n) is 6.64. The second-order valence-corrected chi connectivity index (χ2v) is 8.07. The average molecular weight is 318 g/mol. The van der Waals surface area contributed by atoms with Gasteiger partial charge in [-0.3, -0.25) is 9.79 Å². The van der Waals surface area contributed by atoms with E-state index in [0.29, 0.717) is 17.1 Å². The predicted octanol–water partition coefficient (Wildman–Crippen LogP) is 3.78. The highest BCUT2D eigenvalue weighted by atomic mass is 32.2. The molecule has 4 rings (SSSR count). The van der Waals surface area contributed by atoms with Gasteiger partial charge in [0, 0.05) is 28.8 Å². The molecule has 1 N–H and O–H groups in total. The second kappa shape index (κ2) is 5.44. The Labute approximate surface area is 135 Å². The zero-order valence-electron chi connectivity index (χ0n) is 13.1. The fourth-order valence-corrected chi connectivity index (χ4v) is 5.20. The zero-order valence-corrected chi connectivity index (χ0v) is 14.0. The smallest absolute Gasteiger partial charge is 0.287 e. The number of aryl methyl sites for hydroxylation is 1. The molecular formula is C17H22N2O2S. The van der Waals surface area contributed by atoms with Crippen LogP contribution in [0.2, 0.25) is 0 Å². The first-order valence-electron chi connectivity index (χ1n) is 8.27. The van der Waals surface area contributed by atoms with Crippen LogP contribution >= 0.6 is 11.8 Å². The number of carbonyl (C=O) groups is 1.